The second kappa shape index (κ2) is 3.58. The van der Waals surface area contributed by atoms with Gasteiger partial charge in [-0.25, -0.2) is 0 Å². The number of hydrogen-bond donors (Lipinski definition) is 1. The van der Waals surface area contributed by atoms with Crippen molar-refractivity contribution in [3.05, 3.63) is 59.2 Å². The molecule has 0 amide bonds. The molecular weight excluding hydrogens is 372 g/mol. The van der Waals surface area contributed by atoms with E-state index in [1.54, 1.807) is 0 Å². The molecule has 0 radical (unpaired) electrons. The molecule has 1 aliphatic carbocycles. The predicted molar refractivity (Wildman–Crippen MR) is 63.0 cm³/mol. The third-order valence-corrected chi connectivity index (χ3v) is 4.23. The summed E-state index contributed by atoms with van der Waals surface area (Å²) in [7, 11) is 0. The fraction of sp³-hybridized carbons (Fsp3) is 0. The van der Waals surface area contributed by atoms with Gasteiger partial charge in [0.15, 0.2) is 0 Å². The molecule has 0 saturated carbocycles. The van der Waals surface area contributed by atoms with Crippen LogP contribution in [0, 0.1) is 5.41 Å². The van der Waals surface area contributed by atoms with E-state index in [4.69, 9.17) is 5.41 Å². The summed E-state index contributed by atoms with van der Waals surface area (Å²) in [4.78, 5) is 0. The van der Waals surface area contributed by atoms with E-state index in [-0.39, 0.29) is 0 Å². The Labute approximate surface area is 104 Å². The van der Waals surface area contributed by atoms with Gasteiger partial charge in [-0.15, -0.1) is 0 Å². The van der Waals surface area contributed by atoms with Crippen LogP contribution in [0.15, 0.2) is 42.5 Å². The van der Waals surface area contributed by atoms with Gasteiger partial charge in [-0.2, -0.15) is 0 Å². The third-order valence-electron chi connectivity index (χ3n) is 2.91. The molecule has 0 unspecified atom stereocenters. The summed E-state index contributed by atoms with van der Waals surface area (Å²) in [6.07, 6.45) is 1.44. The van der Waals surface area contributed by atoms with E-state index in [1.807, 2.05) is 30.3 Å². The van der Waals surface area contributed by atoms with Crippen LogP contribution in [0.4, 0.5) is 0 Å². The molecule has 0 spiro atoms. The Bertz CT molecular complexity index is 614. The summed E-state index contributed by atoms with van der Waals surface area (Å²) in [5, 5.41) is 7.47. The molecule has 0 aromatic heterocycles. The van der Waals surface area contributed by atoms with Gasteiger partial charge in [0.05, 0.1) is 0 Å². The van der Waals surface area contributed by atoms with Crippen molar-refractivity contribution in [2.24, 2.45) is 0 Å². The van der Waals surface area contributed by atoms with E-state index in [1.165, 1.54) is 32.5 Å². The summed E-state index contributed by atoms with van der Waals surface area (Å²) in [5.74, 6) is 0. The van der Waals surface area contributed by atoms with E-state index in [2.05, 4.69) is 30.3 Å². The van der Waals surface area contributed by atoms with E-state index in [9.17, 15) is 0 Å². The second-order valence-corrected chi connectivity index (χ2v) is 5.03. The molecule has 0 bridgehead atoms. The topological polar surface area (TPSA) is 23.9 Å². The number of benzene rings is 2. The van der Waals surface area contributed by atoms with Crippen molar-refractivity contribution in [3.63, 3.8) is 0 Å². The fourth-order valence-corrected chi connectivity index (χ4v) is 3.45. The van der Waals surface area contributed by atoms with E-state index in [0.29, 0.717) is 0 Å². The van der Waals surface area contributed by atoms with Crippen LogP contribution >= 0.6 is 0 Å². The minimum atomic E-state index is 1.01. The third kappa shape index (κ3) is 1.20. The van der Waals surface area contributed by atoms with E-state index < -0.39 is 0 Å². The molecule has 2 aromatic rings. The fourth-order valence-electron chi connectivity index (χ4n) is 2.19. The zero-order valence-electron chi connectivity index (χ0n) is 8.47. The first-order valence-electron chi connectivity index (χ1n) is 5.08. The second-order valence-electron chi connectivity index (χ2n) is 3.76. The normalized spacial score (nSPS) is 12.2. The quantitative estimate of drug-likeness (QED) is 0.627. The summed E-state index contributed by atoms with van der Waals surface area (Å²) in [5.41, 5.74) is 6.12. The molecule has 16 heavy (non-hydrogen) atoms. The molecular formula is C14H9NOs. The van der Waals surface area contributed by atoms with E-state index in [0.717, 1.165) is 5.56 Å². The van der Waals surface area contributed by atoms with Gasteiger partial charge in [-0.1, -0.05) is 0 Å². The maximum absolute atomic E-state index is 7.47. The summed E-state index contributed by atoms with van der Waals surface area (Å²) < 4.78 is 1.31. The van der Waals surface area contributed by atoms with Crippen LogP contribution in [-0.2, 0) is 18.1 Å². The molecule has 1 aliphatic rings. The Hall–Kier alpha value is -1.38. The zero-order valence-corrected chi connectivity index (χ0v) is 11.0. The van der Waals surface area contributed by atoms with Gasteiger partial charge in [0, 0.05) is 0 Å². The van der Waals surface area contributed by atoms with Gasteiger partial charge in [-0.3, -0.25) is 0 Å². The SMILES string of the molecule is N=Cc1cccc2c1[C](=[Os])c1ccccc1-2. The molecule has 0 heterocycles. The zero-order chi connectivity index (χ0) is 11.1. The molecule has 0 aliphatic heterocycles. The number of rotatable bonds is 1. The maximum atomic E-state index is 7.47. The Morgan fingerprint density at radius 2 is 1.56 bits per heavy atom. The van der Waals surface area contributed by atoms with Gasteiger partial charge in [0.25, 0.3) is 0 Å². The van der Waals surface area contributed by atoms with Crippen LogP contribution in [-0.4, -0.2) is 10.3 Å². The van der Waals surface area contributed by atoms with Crippen molar-refractivity contribution in [2.75, 3.05) is 0 Å². The van der Waals surface area contributed by atoms with Crippen molar-refractivity contribution < 1.29 is 18.1 Å². The number of hydrogen-bond acceptors (Lipinski definition) is 1. The minimum absolute atomic E-state index is 1.01. The first kappa shape index (κ1) is 9.81. The van der Waals surface area contributed by atoms with Crippen LogP contribution in [0.3, 0.4) is 0 Å². The van der Waals surface area contributed by atoms with Crippen LogP contribution in [0.5, 0.6) is 0 Å². The molecule has 3 rings (SSSR count). The first-order valence-corrected chi connectivity index (χ1v) is 6.35. The molecule has 1 nitrogen and oxygen atoms in total. The average Bonchev–Trinajstić information content (AvgIpc) is 2.64. The van der Waals surface area contributed by atoms with Crippen LogP contribution in [0.1, 0.15) is 16.7 Å². The Balaban J connectivity index is 2.41. The number of fused-ring (bicyclic) bond motifs is 3. The Kier molecular flexibility index (Phi) is 2.19. The van der Waals surface area contributed by atoms with Crippen LogP contribution in [0.2, 0.25) is 0 Å². The Morgan fingerprint density at radius 1 is 0.875 bits per heavy atom. The summed E-state index contributed by atoms with van der Waals surface area (Å²) in [6.45, 7) is 0. The monoisotopic (exact) mass is 383 g/mol. The summed E-state index contributed by atoms with van der Waals surface area (Å²) in [6, 6.07) is 14.6. The van der Waals surface area contributed by atoms with Gasteiger partial charge in [0.1, 0.15) is 0 Å². The number of nitrogens with one attached hydrogen (secondary N) is 1. The Morgan fingerprint density at radius 3 is 2.31 bits per heavy atom. The molecule has 1 N–H and O–H groups in total. The molecule has 0 atom stereocenters. The van der Waals surface area contributed by atoms with E-state index >= 15 is 0 Å². The molecule has 2 heteroatoms. The van der Waals surface area contributed by atoms with Crippen molar-refractivity contribution in [3.8, 4) is 11.1 Å². The predicted octanol–water partition coefficient (Wildman–Crippen LogP) is 2.78. The average molecular weight is 381 g/mol. The standard InChI is InChI=1S/C14H9N.Os/c15-9-11-5-3-7-13-12-6-2-1-4-10(12)8-14(11)13;/h1-7,9,15H;. The van der Waals surface area contributed by atoms with Gasteiger partial charge >= 0.3 is 104 Å². The molecule has 0 saturated heterocycles. The van der Waals surface area contributed by atoms with Gasteiger partial charge in [-0.05, 0) is 0 Å². The molecule has 2 aromatic carbocycles. The van der Waals surface area contributed by atoms with Crippen molar-refractivity contribution in [2.45, 2.75) is 0 Å². The van der Waals surface area contributed by atoms with Crippen molar-refractivity contribution in [1.29, 1.82) is 5.41 Å². The summed E-state index contributed by atoms with van der Waals surface area (Å²) >= 11 is 1.91. The van der Waals surface area contributed by atoms with Crippen molar-refractivity contribution >= 4 is 10.3 Å². The first-order chi connectivity index (χ1) is 7.83. The van der Waals surface area contributed by atoms with Crippen LogP contribution in [0.25, 0.3) is 11.1 Å². The van der Waals surface area contributed by atoms with Crippen molar-refractivity contribution in [1.82, 2.24) is 0 Å². The van der Waals surface area contributed by atoms with Gasteiger partial charge < -0.3 is 0 Å². The molecule has 78 valence electrons. The van der Waals surface area contributed by atoms with Gasteiger partial charge in [0.2, 0.25) is 0 Å². The molecule has 0 fully saturated rings. The van der Waals surface area contributed by atoms with Crippen LogP contribution < -0.4 is 0 Å².